The summed E-state index contributed by atoms with van der Waals surface area (Å²) in [5.41, 5.74) is 9.00. The van der Waals surface area contributed by atoms with E-state index in [1.807, 2.05) is 31.3 Å². The second-order valence-electron chi connectivity index (χ2n) is 14.5. The van der Waals surface area contributed by atoms with E-state index in [1.54, 1.807) is 17.0 Å². The minimum absolute atomic E-state index is 0.0405. The molecule has 4 aromatic rings. The molecule has 7 heteroatoms. The van der Waals surface area contributed by atoms with Crippen molar-refractivity contribution in [2.24, 2.45) is 5.92 Å². The minimum atomic E-state index is -0.137. The zero-order chi connectivity index (χ0) is 33.9. The van der Waals surface area contributed by atoms with Gasteiger partial charge in [0, 0.05) is 71.0 Å². The summed E-state index contributed by atoms with van der Waals surface area (Å²) in [6, 6.07) is 28.8. The molecular formula is C42H49FN4O2. The standard InChI is InChI=1S/C42H49FN4O2/c1-30-8-11-36(24-35(30)28-44(2)29-48)46-22-20-45(21-23-46)27-31-16-18-47(19-17-31)41-15-10-34(26-40(41)43)42-38(32-6-4-3-5-7-32)13-9-33-25-37(49)12-14-39(33)42/h3-8,10-12,14-15,24-26,29,31,38,42,49H,9,13,16-23,27-28H2,1-2H3. The molecule has 3 aliphatic rings. The smallest absolute Gasteiger partial charge is 0.209 e. The van der Waals surface area contributed by atoms with Gasteiger partial charge in [-0.05, 0) is 114 Å². The lowest BCUT2D eigenvalue weighted by Gasteiger charge is -2.40. The van der Waals surface area contributed by atoms with Crippen molar-refractivity contribution >= 4 is 17.8 Å². The van der Waals surface area contributed by atoms with Gasteiger partial charge < -0.3 is 19.8 Å². The van der Waals surface area contributed by atoms with E-state index in [9.17, 15) is 9.90 Å². The zero-order valence-electron chi connectivity index (χ0n) is 28.9. The molecule has 2 fully saturated rings. The molecule has 1 aliphatic carbocycles. The Morgan fingerprint density at radius 1 is 0.837 bits per heavy atom. The van der Waals surface area contributed by atoms with Crippen molar-refractivity contribution in [3.63, 3.8) is 0 Å². The quantitative estimate of drug-likeness (QED) is 0.191. The molecule has 0 bridgehead atoms. The van der Waals surface area contributed by atoms with Gasteiger partial charge in [-0.3, -0.25) is 9.69 Å². The van der Waals surface area contributed by atoms with Gasteiger partial charge in [0.25, 0.3) is 0 Å². The van der Waals surface area contributed by atoms with Crippen molar-refractivity contribution < 1.29 is 14.3 Å². The van der Waals surface area contributed by atoms with Crippen LogP contribution in [0, 0.1) is 18.7 Å². The van der Waals surface area contributed by atoms with Crippen LogP contribution in [0.2, 0.25) is 0 Å². The molecule has 256 valence electrons. The maximum Gasteiger partial charge on any atom is 0.209 e. The average Bonchev–Trinajstić information content (AvgIpc) is 3.13. The Morgan fingerprint density at radius 3 is 2.35 bits per heavy atom. The summed E-state index contributed by atoms with van der Waals surface area (Å²) in [6.07, 6.45) is 4.89. The second kappa shape index (κ2) is 14.6. The van der Waals surface area contributed by atoms with Gasteiger partial charge in [-0.25, -0.2) is 4.39 Å². The number of piperazine rings is 1. The van der Waals surface area contributed by atoms with E-state index in [1.165, 1.54) is 27.9 Å². The number of hydrogen-bond donors (Lipinski definition) is 1. The predicted molar refractivity (Wildman–Crippen MR) is 196 cm³/mol. The maximum atomic E-state index is 16.0. The highest BCUT2D eigenvalue weighted by atomic mass is 19.1. The first kappa shape index (κ1) is 33.2. The maximum absolute atomic E-state index is 16.0. The molecule has 49 heavy (non-hydrogen) atoms. The lowest BCUT2D eigenvalue weighted by Crippen LogP contribution is -2.49. The molecule has 2 aliphatic heterocycles. The summed E-state index contributed by atoms with van der Waals surface area (Å²) >= 11 is 0. The molecule has 7 rings (SSSR count). The Hall–Kier alpha value is -4.36. The summed E-state index contributed by atoms with van der Waals surface area (Å²) in [6.45, 7) is 9.68. The first-order valence-electron chi connectivity index (χ1n) is 18.0. The summed E-state index contributed by atoms with van der Waals surface area (Å²) < 4.78 is 16.0. The number of benzene rings is 4. The molecule has 2 heterocycles. The first-order chi connectivity index (χ1) is 23.9. The number of phenols is 1. The number of amides is 1. The molecule has 0 saturated carbocycles. The third kappa shape index (κ3) is 7.32. The number of piperidine rings is 1. The Kier molecular flexibility index (Phi) is 9.90. The molecule has 2 saturated heterocycles. The zero-order valence-corrected chi connectivity index (χ0v) is 28.9. The molecule has 1 amide bonds. The minimum Gasteiger partial charge on any atom is -0.508 e. The largest absolute Gasteiger partial charge is 0.508 e. The molecule has 0 aromatic heterocycles. The number of nitrogens with zero attached hydrogens (tertiary/aromatic N) is 4. The van der Waals surface area contributed by atoms with Crippen LogP contribution in [0.1, 0.15) is 64.5 Å². The molecule has 0 spiro atoms. The summed E-state index contributed by atoms with van der Waals surface area (Å²) in [7, 11) is 1.82. The normalized spacial score (nSPS) is 20.2. The monoisotopic (exact) mass is 660 g/mol. The third-order valence-corrected chi connectivity index (χ3v) is 11.3. The number of phenolic OH excluding ortho intramolecular Hbond substituents is 1. The van der Waals surface area contributed by atoms with Crippen LogP contribution in [0.3, 0.4) is 0 Å². The summed E-state index contributed by atoms with van der Waals surface area (Å²) in [5, 5.41) is 10.2. The Bertz CT molecular complexity index is 1750. The van der Waals surface area contributed by atoms with Crippen LogP contribution in [-0.4, -0.2) is 74.2 Å². The van der Waals surface area contributed by atoms with Gasteiger partial charge in [-0.15, -0.1) is 0 Å². The van der Waals surface area contributed by atoms with E-state index in [2.05, 4.69) is 70.2 Å². The van der Waals surface area contributed by atoms with Gasteiger partial charge in [0.15, 0.2) is 0 Å². The van der Waals surface area contributed by atoms with Gasteiger partial charge in [-0.2, -0.15) is 0 Å². The fourth-order valence-electron chi connectivity index (χ4n) is 8.49. The van der Waals surface area contributed by atoms with Crippen LogP contribution in [0.5, 0.6) is 5.75 Å². The van der Waals surface area contributed by atoms with Crippen molar-refractivity contribution in [3.8, 4) is 5.75 Å². The number of anilines is 2. The van der Waals surface area contributed by atoms with Gasteiger partial charge in [0.05, 0.1) is 5.69 Å². The topological polar surface area (TPSA) is 50.3 Å². The van der Waals surface area contributed by atoms with Crippen LogP contribution in [0.25, 0.3) is 0 Å². The van der Waals surface area contributed by atoms with E-state index in [4.69, 9.17) is 0 Å². The predicted octanol–water partition coefficient (Wildman–Crippen LogP) is 7.33. The molecule has 6 nitrogen and oxygen atoms in total. The fourth-order valence-corrected chi connectivity index (χ4v) is 8.49. The van der Waals surface area contributed by atoms with Crippen LogP contribution >= 0.6 is 0 Å². The van der Waals surface area contributed by atoms with Gasteiger partial charge in [-0.1, -0.05) is 48.5 Å². The van der Waals surface area contributed by atoms with Crippen molar-refractivity contribution in [1.82, 2.24) is 9.80 Å². The van der Waals surface area contributed by atoms with Gasteiger partial charge >= 0.3 is 0 Å². The lowest BCUT2D eigenvalue weighted by molar-refractivity contribution is -0.117. The number of carbonyl (C=O) groups is 1. The number of hydrogen-bond acceptors (Lipinski definition) is 5. The van der Waals surface area contributed by atoms with Crippen molar-refractivity contribution in [3.05, 3.63) is 124 Å². The van der Waals surface area contributed by atoms with E-state index >= 15 is 4.39 Å². The Labute approximate surface area is 290 Å². The van der Waals surface area contributed by atoms with E-state index in [-0.39, 0.29) is 17.7 Å². The van der Waals surface area contributed by atoms with E-state index in [0.29, 0.717) is 23.9 Å². The SMILES string of the molecule is Cc1ccc(N2CCN(CC3CCN(c4ccc(C5c6ccc(O)cc6CCC5c5ccccc5)cc4F)CC3)CC2)cc1CN(C)C=O. The van der Waals surface area contributed by atoms with Crippen LogP contribution in [0.15, 0.2) is 84.9 Å². The molecule has 0 radical (unpaired) electrons. The van der Waals surface area contributed by atoms with Gasteiger partial charge in [0.1, 0.15) is 11.6 Å². The first-order valence-corrected chi connectivity index (χ1v) is 18.0. The molecule has 4 aromatic carbocycles. The Balaban J connectivity index is 0.963. The van der Waals surface area contributed by atoms with Crippen LogP contribution < -0.4 is 9.80 Å². The van der Waals surface area contributed by atoms with Crippen LogP contribution in [0.4, 0.5) is 15.8 Å². The number of aromatic hydroxyl groups is 1. The molecule has 2 unspecified atom stereocenters. The van der Waals surface area contributed by atoms with Crippen molar-refractivity contribution in [2.75, 3.05) is 62.7 Å². The fraction of sp³-hybridized carbons (Fsp3) is 0.405. The summed E-state index contributed by atoms with van der Waals surface area (Å²) in [5.74, 6) is 1.07. The van der Waals surface area contributed by atoms with Crippen molar-refractivity contribution in [2.45, 2.75) is 51.0 Å². The number of rotatable bonds is 9. The second-order valence-corrected chi connectivity index (χ2v) is 14.5. The third-order valence-electron chi connectivity index (χ3n) is 11.3. The Morgan fingerprint density at radius 2 is 1.61 bits per heavy atom. The molecular weight excluding hydrogens is 611 g/mol. The van der Waals surface area contributed by atoms with Gasteiger partial charge in [0.2, 0.25) is 6.41 Å². The average molecular weight is 661 g/mol. The number of fused-ring (bicyclic) bond motifs is 1. The molecule has 2 atom stereocenters. The lowest BCUT2D eigenvalue weighted by atomic mass is 9.69. The number of aryl methyl sites for hydroxylation is 2. The van der Waals surface area contributed by atoms with E-state index < -0.39 is 0 Å². The van der Waals surface area contributed by atoms with Crippen LogP contribution in [-0.2, 0) is 17.8 Å². The highest BCUT2D eigenvalue weighted by molar-refractivity contribution is 5.55. The van der Waals surface area contributed by atoms with Crippen molar-refractivity contribution in [1.29, 1.82) is 0 Å². The summed E-state index contributed by atoms with van der Waals surface area (Å²) in [4.78, 5) is 20.2. The highest BCUT2D eigenvalue weighted by Gasteiger charge is 2.33. The number of carbonyl (C=O) groups excluding carboxylic acids is 1. The molecule has 1 N–H and O–H groups in total. The number of halogens is 1. The van der Waals surface area contributed by atoms with E-state index in [0.717, 1.165) is 89.0 Å². The highest BCUT2D eigenvalue weighted by Crippen LogP contribution is 2.47.